The van der Waals surface area contributed by atoms with Gasteiger partial charge in [0, 0.05) is 18.7 Å². The monoisotopic (exact) mass is 182 g/mol. The summed E-state index contributed by atoms with van der Waals surface area (Å²) < 4.78 is 4.97. The Morgan fingerprint density at radius 2 is 2.15 bits per heavy atom. The van der Waals surface area contributed by atoms with Crippen LogP contribution in [0.3, 0.4) is 0 Å². The molecule has 3 nitrogen and oxygen atoms in total. The molecule has 74 valence electrons. The van der Waals surface area contributed by atoms with Gasteiger partial charge >= 0.3 is 0 Å². The van der Waals surface area contributed by atoms with Gasteiger partial charge in [0.05, 0.1) is 5.69 Å². The van der Waals surface area contributed by atoms with Crippen LogP contribution in [0.25, 0.3) is 0 Å². The fourth-order valence-electron chi connectivity index (χ4n) is 1.33. The molecule has 0 amide bonds. The van der Waals surface area contributed by atoms with Crippen molar-refractivity contribution in [1.29, 1.82) is 0 Å². The van der Waals surface area contributed by atoms with Crippen LogP contribution in [-0.4, -0.2) is 11.2 Å². The molecular weight excluding hydrogens is 164 g/mol. The molecule has 0 radical (unpaired) electrons. The molecule has 1 heterocycles. The molecule has 0 aliphatic heterocycles. The van der Waals surface area contributed by atoms with Gasteiger partial charge in [0.15, 0.2) is 0 Å². The molecule has 3 heteroatoms. The minimum absolute atomic E-state index is 0.594. The highest BCUT2D eigenvalue weighted by molar-refractivity contribution is 5.03. The zero-order valence-corrected chi connectivity index (χ0v) is 8.63. The lowest BCUT2D eigenvalue weighted by molar-refractivity contribution is 0.383. The third kappa shape index (κ3) is 3.19. The fraction of sp³-hybridized carbons (Fsp3) is 0.700. The van der Waals surface area contributed by atoms with Gasteiger partial charge in [-0.25, -0.2) is 0 Å². The maximum absolute atomic E-state index is 4.97. The van der Waals surface area contributed by atoms with Crippen molar-refractivity contribution in [3.63, 3.8) is 0 Å². The molecular formula is C10H18N2O. The minimum Gasteiger partial charge on any atom is -0.361 e. The van der Waals surface area contributed by atoms with Crippen molar-refractivity contribution in [3.8, 4) is 0 Å². The van der Waals surface area contributed by atoms with Crippen molar-refractivity contribution < 1.29 is 4.52 Å². The van der Waals surface area contributed by atoms with Crippen LogP contribution < -0.4 is 5.32 Å². The molecule has 0 spiro atoms. The Morgan fingerprint density at radius 3 is 2.62 bits per heavy atom. The zero-order valence-electron chi connectivity index (χ0n) is 8.63. The van der Waals surface area contributed by atoms with Gasteiger partial charge in [-0.2, -0.15) is 0 Å². The van der Waals surface area contributed by atoms with Gasteiger partial charge in [-0.05, 0) is 19.8 Å². The third-order valence-corrected chi connectivity index (χ3v) is 2.23. The number of rotatable bonds is 5. The number of aromatic nitrogens is 1. The first-order valence-electron chi connectivity index (χ1n) is 4.91. The first kappa shape index (κ1) is 10.3. The predicted molar refractivity (Wildman–Crippen MR) is 52.4 cm³/mol. The summed E-state index contributed by atoms with van der Waals surface area (Å²) in [6.07, 6.45) is 2.32. The molecule has 1 aromatic heterocycles. The second kappa shape index (κ2) is 5.02. The van der Waals surface area contributed by atoms with Crippen LogP contribution in [-0.2, 0) is 6.54 Å². The third-order valence-electron chi connectivity index (χ3n) is 2.23. The lowest BCUT2D eigenvalue weighted by atomic mass is 10.2. The molecule has 0 unspecified atom stereocenters. The van der Waals surface area contributed by atoms with E-state index in [1.54, 1.807) is 0 Å². The number of nitrogens with zero attached hydrogens (tertiary/aromatic N) is 1. The topological polar surface area (TPSA) is 38.1 Å². The van der Waals surface area contributed by atoms with Crippen molar-refractivity contribution >= 4 is 0 Å². The Kier molecular flexibility index (Phi) is 3.96. The Hall–Kier alpha value is -0.830. The number of hydrogen-bond acceptors (Lipinski definition) is 3. The van der Waals surface area contributed by atoms with E-state index in [1.807, 2.05) is 13.0 Å². The molecule has 0 bridgehead atoms. The number of hydrogen-bond donors (Lipinski definition) is 1. The molecule has 1 rings (SSSR count). The second-order valence-corrected chi connectivity index (χ2v) is 3.32. The van der Waals surface area contributed by atoms with E-state index in [4.69, 9.17) is 4.52 Å². The first-order chi connectivity index (χ1) is 6.26. The largest absolute Gasteiger partial charge is 0.361 e. The van der Waals surface area contributed by atoms with E-state index in [9.17, 15) is 0 Å². The first-order valence-corrected chi connectivity index (χ1v) is 4.91. The smallest absolute Gasteiger partial charge is 0.133 e. The Morgan fingerprint density at radius 1 is 1.46 bits per heavy atom. The number of nitrogens with one attached hydrogen (secondary N) is 1. The van der Waals surface area contributed by atoms with Crippen molar-refractivity contribution in [2.75, 3.05) is 0 Å². The van der Waals surface area contributed by atoms with E-state index in [1.165, 1.54) is 0 Å². The quantitative estimate of drug-likeness (QED) is 0.759. The van der Waals surface area contributed by atoms with Crippen LogP contribution in [0.4, 0.5) is 0 Å². The van der Waals surface area contributed by atoms with Gasteiger partial charge < -0.3 is 9.84 Å². The molecule has 1 aromatic rings. The van der Waals surface area contributed by atoms with Crippen LogP contribution in [0.5, 0.6) is 0 Å². The van der Waals surface area contributed by atoms with Crippen LogP contribution in [0.2, 0.25) is 0 Å². The lowest BCUT2D eigenvalue weighted by Crippen LogP contribution is -2.27. The number of aryl methyl sites for hydroxylation is 1. The van der Waals surface area contributed by atoms with Crippen molar-refractivity contribution in [2.24, 2.45) is 0 Å². The van der Waals surface area contributed by atoms with E-state index in [0.29, 0.717) is 6.04 Å². The molecule has 13 heavy (non-hydrogen) atoms. The van der Waals surface area contributed by atoms with E-state index in [2.05, 4.69) is 24.3 Å². The summed E-state index contributed by atoms with van der Waals surface area (Å²) in [5.41, 5.74) is 0.990. The molecule has 0 saturated heterocycles. The summed E-state index contributed by atoms with van der Waals surface area (Å²) in [4.78, 5) is 0. The van der Waals surface area contributed by atoms with Crippen LogP contribution in [0.1, 0.15) is 38.1 Å². The summed E-state index contributed by atoms with van der Waals surface area (Å²) in [6, 6.07) is 2.56. The van der Waals surface area contributed by atoms with Gasteiger partial charge in [-0.1, -0.05) is 19.0 Å². The standard InChI is InChI=1S/C10H18N2O/c1-4-9(5-2)11-7-10-6-8(3)13-12-10/h6,9,11H,4-5,7H2,1-3H3. The van der Waals surface area contributed by atoms with Gasteiger partial charge in [0.25, 0.3) is 0 Å². The highest BCUT2D eigenvalue weighted by Crippen LogP contribution is 2.03. The summed E-state index contributed by atoms with van der Waals surface area (Å²) in [6.45, 7) is 7.10. The predicted octanol–water partition coefficient (Wildman–Crippen LogP) is 2.26. The summed E-state index contributed by atoms with van der Waals surface area (Å²) in [7, 11) is 0. The van der Waals surface area contributed by atoms with Gasteiger partial charge in [-0.3, -0.25) is 0 Å². The Labute approximate surface area is 79.5 Å². The highest BCUT2D eigenvalue weighted by Gasteiger charge is 2.04. The van der Waals surface area contributed by atoms with Crippen molar-refractivity contribution in [1.82, 2.24) is 10.5 Å². The molecule has 0 aliphatic rings. The van der Waals surface area contributed by atoms with Gasteiger partial charge in [-0.15, -0.1) is 0 Å². The normalized spacial score (nSPS) is 11.1. The Balaban J connectivity index is 2.33. The van der Waals surface area contributed by atoms with E-state index >= 15 is 0 Å². The molecule has 0 fully saturated rings. The summed E-state index contributed by atoms with van der Waals surface area (Å²) in [5.74, 6) is 0.876. The zero-order chi connectivity index (χ0) is 9.68. The molecule has 0 saturated carbocycles. The summed E-state index contributed by atoms with van der Waals surface area (Å²) >= 11 is 0. The molecule has 1 N–H and O–H groups in total. The molecule has 0 aromatic carbocycles. The summed E-state index contributed by atoms with van der Waals surface area (Å²) in [5, 5.41) is 7.35. The maximum Gasteiger partial charge on any atom is 0.133 e. The van der Waals surface area contributed by atoms with E-state index in [0.717, 1.165) is 30.8 Å². The van der Waals surface area contributed by atoms with Crippen molar-refractivity contribution in [2.45, 2.75) is 46.2 Å². The average molecular weight is 182 g/mol. The van der Waals surface area contributed by atoms with E-state index < -0.39 is 0 Å². The highest BCUT2D eigenvalue weighted by atomic mass is 16.5. The minimum atomic E-state index is 0.594. The second-order valence-electron chi connectivity index (χ2n) is 3.32. The Bertz CT molecular complexity index is 241. The van der Waals surface area contributed by atoms with Gasteiger partial charge in [0.2, 0.25) is 0 Å². The van der Waals surface area contributed by atoms with Crippen molar-refractivity contribution in [3.05, 3.63) is 17.5 Å². The van der Waals surface area contributed by atoms with Crippen LogP contribution in [0.15, 0.2) is 10.6 Å². The fourth-order valence-corrected chi connectivity index (χ4v) is 1.33. The average Bonchev–Trinajstić information content (AvgIpc) is 2.53. The molecule has 0 aliphatic carbocycles. The van der Waals surface area contributed by atoms with E-state index in [-0.39, 0.29) is 0 Å². The van der Waals surface area contributed by atoms with Gasteiger partial charge in [0.1, 0.15) is 5.76 Å². The van der Waals surface area contributed by atoms with Crippen LogP contribution >= 0.6 is 0 Å². The SMILES string of the molecule is CCC(CC)NCc1cc(C)on1. The lowest BCUT2D eigenvalue weighted by Gasteiger charge is -2.12. The molecule has 0 atom stereocenters. The maximum atomic E-state index is 4.97. The van der Waals surface area contributed by atoms with Crippen LogP contribution in [0, 0.1) is 6.92 Å².